The predicted octanol–water partition coefficient (Wildman–Crippen LogP) is 2.82. The van der Waals surface area contributed by atoms with Crippen molar-refractivity contribution in [2.45, 2.75) is 26.8 Å². The Kier molecular flexibility index (Phi) is 4.10. The lowest BCUT2D eigenvalue weighted by atomic mass is 10.2. The van der Waals surface area contributed by atoms with E-state index in [0.717, 1.165) is 30.8 Å². The van der Waals surface area contributed by atoms with Crippen LogP contribution in [0.1, 0.15) is 24.6 Å². The largest absolute Gasteiger partial charge is 0.313 e. The Hall–Kier alpha value is -1.68. The molecule has 1 heterocycles. The molecular weight excluding hydrogens is 229 g/mol. The second-order valence-corrected chi connectivity index (χ2v) is 4.30. The van der Waals surface area contributed by atoms with Gasteiger partial charge in [0.25, 0.3) is 0 Å². The van der Waals surface area contributed by atoms with E-state index >= 15 is 0 Å². The number of benzene rings is 1. The van der Waals surface area contributed by atoms with Crippen molar-refractivity contribution >= 4 is 0 Å². The lowest BCUT2D eigenvalue weighted by molar-refractivity contribution is 0.608. The molecule has 3 nitrogen and oxygen atoms in total. The smallest absolute Gasteiger partial charge is 0.148 e. The van der Waals surface area contributed by atoms with Gasteiger partial charge in [0.2, 0.25) is 0 Å². The zero-order valence-corrected chi connectivity index (χ0v) is 10.8. The maximum absolute atomic E-state index is 13.7. The zero-order chi connectivity index (χ0) is 13.0. The zero-order valence-electron chi connectivity index (χ0n) is 10.8. The molecule has 0 atom stereocenters. The number of halogens is 1. The van der Waals surface area contributed by atoms with Crippen molar-refractivity contribution in [3.63, 3.8) is 0 Å². The van der Waals surface area contributed by atoms with Crippen LogP contribution in [0.4, 0.5) is 4.39 Å². The summed E-state index contributed by atoms with van der Waals surface area (Å²) in [4.78, 5) is 0. The van der Waals surface area contributed by atoms with E-state index < -0.39 is 0 Å². The Morgan fingerprint density at radius 3 is 2.83 bits per heavy atom. The van der Waals surface area contributed by atoms with Gasteiger partial charge in [0.1, 0.15) is 11.5 Å². The third-order valence-corrected chi connectivity index (χ3v) is 2.93. The van der Waals surface area contributed by atoms with E-state index in [-0.39, 0.29) is 5.82 Å². The number of para-hydroxylation sites is 1. The number of hydrogen-bond donors (Lipinski definition) is 1. The molecule has 1 aromatic carbocycles. The molecule has 0 amide bonds. The van der Waals surface area contributed by atoms with Crippen LogP contribution >= 0.6 is 0 Å². The third-order valence-electron chi connectivity index (χ3n) is 2.93. The number of rotatable bonds is 5. The van der Waals surface area contributed by atoms with E-state index in [4.69, 9.17) is 0 Å². The Balaban J connectivity index is 2.23. The fourth-order valence-electron chi connectivity index (χ4n) is 1.88. The minimum Gasteiger partial charge on any atom is -0.313 e. The van der Waals surface area contributed by atoms with Crippen molar-refractivity contribution in [2.75, 3.05) is 6.54 Å². The van der Waals surface area contributed by atoms with Crippen LogP contribution in [0.2, 0.25) is 0 Å². The number of nitrogens with zero attached hydrogens (tertiary/aromatic N) is 2. The lowest BCUT2D eigenvalue weighted by Gasteiger charge is -2.07. The summed E-state index contributed by atoms with van der Waals surface area (Å²) in [6, 6.07) is 6.68. The SMILES string of the molecule is CCCNCc1cnn(-c2ccccc2F)c1C. The van der Waals surface area contributed by atoms with Crippen LogP contribution in [-0.2, 0) is 6.54 Å². The molecule has 4 heteroatoms. The topological polar surface area (TPSA) is 29.9 Å². The first kappa shape index (κ1) is 12.8. The van der Waals surface area contributed by atoms with E-state index in [1.54, 1.807) is 23.0 Å². The van der Waals surface area contributed by atoms with Crippen LogP contribution in [0.3, 0.4) is 0 Å². The van der Waals surface area contributed by atoms with Crippen molar-refractivity contribution in [1.29, 1.82) is 0 Å². The summed E-state index contributed by atoms with van der Waals surface area (Å²) in [5, 5.41) is 7.59. The van der Waals surface area contributed by atoms with Crippen molar-refractivity contribution in [1.82, 2.24) is 15.1 Å². The number of hydrogen-bond acceptors (Lipinski definition) is 2. The van der Waals surface area contributed by atoms with E-state index in [1.165, 1.54) is 6.07 Å². The van der Waals surface area contributed by atoms with Crippen LogP contribution < -0.4 is 5.32 Å². The normalized spacial score (nSPS) is 10.8. The first-order valence-electron chi connectivity index (χ1n) is 6.23. The molecule has 0 saturated carbocycles. The maximum atomic E-state index is 13.7. The summed E-state index contributed by atoms with van der Waals surface area (Å²) < 4.78 is 15.3. The molecule has 0 aliphatic rings. The first-order chi connectivity index (χ1) is 8.74. The Labute approximate surface area is 107 Å². The quantitative estimate of drug-likeness (QED) is 0.823. The van der Waals surface area contributed by atoms with Gasteiger partial charge in [0.15, 0.2) is 0 Å². The van der Waals surface area contributed by atoms with Crippen molar-refractivity contribution in [3.8, 4) is 5.69 Å². The molecule has 0 aliphatic carbocycles. The molecule has 0 saturated heterocycles. The van der Waals surface area contributed by atoms with E-state index in [0.29, 0.717) is 5.69 Å². The van der Waals surface area contributed by atoms with Crippen LogP contribution in [-0.4, -0.2) is 16.3 Å². The molecule has 0 unspecified atom stereocenters. The molecule has 0 spiro atoms. The molecular formula is C14H18FN3. The van der Waals surface area contributed by atoms with E-state index in [1.807, 2.05) is 13.0 Å². The molecule has 0 radical (unpaired) electrons. The second-order valence-electron chi connectivity index (χ2n) is 4.30. The minimum atomic E-state index is -0.253. The highest BCUT2D eigenvalue weighted by Gasteiger charge is 2.10. The average Bonchev–Trinajstić information content (AvgIpc) is 2.72. The molecule has 2 aromatic rings. The van der Waals surface area contributed by atoms with Gasteiger partial charge >= 0.3 is 0 Å². The van der Waals surface area contributed by atoms with Gasteiger partial charge in [0.05, 0.1) is 6.20 Å². The standard InChI is InChI=1S/C14H18FN3/c1-3-8-16-9-12-10-17-18(11(12)2)14-7-5-4-6-13(14)15/h4-7,10,16H,3,8-9H2,1-2H3. The fourth-order valence-corrected chi connectivity index (χ4v) is 1.88. The second kappa shape index (κ2) is 5.78. The Bertz CT molecular complexity index is 520. The third kappa shape index (κ3) is 2.59. The van der Waals surface area contributed by atoms with Gasteiger partial charge in [-0.05, 0) is 32.0 Å². The first-order valence-corrected chi connectivity index (χ1v) is 6.23. The summed E-state index contributed by atoms with van der Waals surface area (Å²) in [5.74, 6) is -0.253. The van der Waals surface area contributed by atoms with Crippen molar-refractivity contribution in [3.05, 3.63) is 47.5 Å². The number of aromatic nitrogens is 2. The van der Waals surface area contributed by atoms with Crippen LogP contribution in [0.15, 0.2) is 30.5 Å². The lowest BCUT2D eigenvalue weighted by Crippen LogP contribution is -2.14. The van der Waals surface area contributed by atoms with E-state index in [2.05, 4.69) is 17.3 Å². The summed E-state index contributed by atoms with van der Waals surface area (Å²) in [7, 11) is 0. The van der Waals surface area contributed by atoms with Gasteiger partial charge in [0, 0.05) is 17.8 Å². The van der Waals surface area contributed by atoms with Gasteiger partial charge < -0.3 is 5.32 Å². The summed E-state index contributed by atoms with van der Waals surface area (Å²) in [5.41, 5.74) is 2.58. The van der Waals surface area contributed by atoms with Gasteiger partial charge in [-0.3, -0.25) is 0 Å². The Morgan fingerprint density at radius 2 is 2.11 bits per heavy atom. The molecule has 18 heavy (non-hydrogen) atoms. The molecule has 1 aromatic heterocycles. The van der Waals surface area contributed by atoms with Gasteiger partial charge in [-0.1, -0.05) is 19.1 Å². The molecule has 96 valence electrons. The maximum Gasteiger partial charge on any atom is 0.148 e. The molecule has 2 rings (SSSR count). The summed E-state index contributed by atoms with van der Waals surface area (Å²) in [6.45, 7) is 5.84. The van der Waals surface area contributed by atoms with Crippen LogP contribution in [0, 0.1) is 12.7 Å². The average molecular weight is 247 g/mol. The van der Waals surface area contributed by atoms with Gasteiger partial charge in [-0.15, -0.1) is 0 Å². The highest BCUT2D eigenvalue weighted by Crippen LogP contribution is 2.16. The number of nitrogens with one attached hydrogen (secondary N) is 1. The van der Waals surface area contributed by atoms with Crippen molar-refractivity contribution in [2.24, 2.45) is 0 Å². The summed E-state index contributed by atoms with van der Waals surface area (Å²) >= 11 is 0. The molecule has 1 N–H and O–H groups in total. The fraction of sp³-hybridized carbons (Fsp3) is 0.357. The molecule has 0 aliphatic heterocycles. The Morgan fingerprint density at radius 1 is 1.33 bits per heavy atom. The monoisotopic (exact) mass is 247 g/mol. The summed E-state index contributed by atoms with van der Waals surface area (Å²) in [6.07, 6.45) is 2.89. The highest BCUT2D eigenvalue weighted by molar-refractivity contribution is 5.36. The van der Waals surface area contributed by atoms with Crippen LogP contribution in [0.25, 0.3) is 5.69 Å². The molecule has 0 bridgehead atoms. The molecule has 0 fully saturated rings. The van der Waals surface area contributed by atoms with E-state index in [9.17, 15) is 4.39 Å². The van der Waals surface area contributed by atoms with Gasteiger partial charge in [-0.25, -0.2) is 9.07 Å². The van der Waals surface area contributed by atoms with Gasteiger partial charge in [-0.2, -0.15) is 5.10 Å². The highest BCUT2D eigenvalue weighted by atomic mass is 19.1. The van der Waals surface area contributed by atoms with Crippen molar-refractivity contribution < 1.29 is 4.39 Å². The predicted molar refractivity (Wildman–Crippen MR) is 70.3 cm³/mol. The minimum absolute atomic E-state index is 0.253. The van der Waals surface area contributed by atoms with Crippen LogP contribution in [0.5, 0.6) is 0 Å².